The highest BCUT2D eigenvalue weighted by molar-refractivity contribution is 5.35. The van der Waals surface area contributed by atoms with Crippen LogP contribution >= 0.6 is 0 Å². The van der Waals surface area contributed by atoms with Crippen molar-refractivity contribution in [3.8, 4) is 0 Å². The summed E-state index contributed by atoms with van der Waals surface area (Å²) in [7, 11) is 1.63. The van der Waals surface area contributed by atoms with Gasteiger partial charge in [0.25, 0.3) is 0 Å². The normalized spacial score (nSPS) is 25.6. The number of aromatic nitrogens is 2. The average Bonchev–Trinajstić information content (AvgIpc) is 2.60. The largest absolute Gasteiger partial charge is 0.393 e. The van der Waals surface area contributed by atoms with Gasteiger partial charge in [-0.25, -0.2) is 0 Å². The third kappa shape index (κ3) is 1.91. The molecular formula is C9H13N3O4. The Balaban J connectivity index is 2.31. The predicted molar refractivity (Wildman–Crippen MR) is 53.8 cm³/mol. The summed E-state index contributed by atoms with van der Waals surface area (Å²) in [5, 5.41) is 24.2. The zero-order valence-electron chi connectivity index (χ0n) is 8.87. The molecule has 0 bridgehead atoms. The molecule has 0 aromatic carbocycles. The third-order valence-corrected chi connectivity index (χ3v) is 2.72. The van der Waals surface area contributed by atoms with Crippen LogP contribution in [0.15, 0.2) is 6.20 Å². The van der Waals surface area contributed by atoms with E-state index in [1.807, 2.05) is 0 Å². The first-order valence-electron chi connectivity index (χ1n) is 5.05. The minimum atomic E-state index is -0.479. The Morgan fingerprint density at radius 3 is 3.12 bits per heavy atom. The van der Waals surface area contributed by atoms with Crippen LogP contribution in [0.5, 0.6) is 0 Å². The first-order valence-corrected chi connectivity index (χ1v) is 5.05. The quantitative estimate of drug-likeness (QED) is 0.588. The van der Waals surface area contributed by atoms with E-state index in [0.29, 0.717) is 25.1 Å². The number of aliphatic hydroxyl groups is 1. The van der Waals surface area contributed by atoms with Gasteiger partial charge in [-0.3, -0.25) is 14.8 Å². The van der Waals surface area contributed by atoms with E-state index in [2.05, 4.69) is 5.10 Å². The molecule has 1 aromatic heterocycles. The van der Waals surface area contributed by atoms with Gasteiger partial charge in [0.1, 0.15) is 18.0 Å². The zero-order valence-corrected chi connectivity index (χ0v) is 8.87. The summed E-state index contributed by atoms with van der Waals surface area (Å²) in [5.74, 6) is 0. The van der Waals surface area contributed by atoms with E-state index in [1.54, 1.807) is 7.05 Å². The van der Waals surface area contributed by atoms with Gasteiger partial charge in [0, 0.05) is 20.1 Å². The van der Waals surface area contributed by atoms with Crippen molar-refractivity contribution in [1.29, 1.82) is 0 Å². The lowest BCUT2D eigenvalue weighted by atomic mass is 10.0. The van der Waals surface area contributed by atoms with Gasteiger partial charge in [-0.1, -0.05) is 0 Å². The number of ether oxygens (including phenoxy) is 1. The first-order chi connectivity index (χ1) is 7.59. The van der Waals surface area contributed by atoms with Crippen LogP contribution in [0.1, 0.15) is 24.6 Å². The number of aryl methyl sites for hydroxylation is 1. The van der Waals surface area contributed by atoms with Gasteiger partial charge in [-0.05, 0) is 6.42 Å². The van der Waals surface area contributed by atoms with Crippen LogP contribution in [0.2, 0.25) is 0 Å². The summed E-state index contributed by atoms with van der Waals surface area (Å²) in [6.07, 6.45) is 1.24. The molecule has 7 heteroatoms. The molecule has 88 valence electrons. The minimum absolute atomic E-state index is 0.0541. The molecule has 1 aliphatic rings. The summed E-state index contributed by atoms with van der Waals surface area (Å²) in [6.45, 7) is 0.411. The van der Waals surface area contributed by atoms with Crippen molar-refractivity contribution in [3.05, 3.63) is 22.0 Å². The van der Waals surface area contributed by atoms with E-state index in [4.69, 9.17) is 4.74 Å². The molecule has 2 atom stereocenters. The van der Waals surface area contributed by atoms with Crippen LogP contribution < -0.4 is 0 Å². The Morgan fingerprint density at radius 2 is 2.50 bits per heavy atom. The van der Waals surface area contributed by atoms with Crippen molar-refractivity contribution in [2.24, 2.45) is 7.05 Å². The molecule has 0 amide bonds. The van der Waals surface area contributed by atoms with E-state index < -0.39 is 17.1 Å². The van der Waals surface area contributed by atoms with E-state index in [-0.39, 0.29) is 5.69 Å². The lowest BCUT2D eigenvalue weighted by Gasteiger charge is -2.25. The van der Waals surface area contributed by atoms with Gasteiger partial charge in [0.15, 0.2) is 0 Å². The Kier molecular flexibility index (Phi) is 2.88. The van der Waals surface area contributed by atoms with Crippen molar-refractivity contribution in [2.45, 2.75) is 25.0 Å². The number of nitro groups is 1. The van der Waals surface area contributed by atoms with Crippen LogP contribution in [0.3, 0.4) is 0 Å². The molecule has 0 aliphatic carbocycles. The summed E-state index contributed by atoms with van der Waals surface area (Å²) in [6, 6.07) is 0. The third-order valence-electron chi connectivity index (χ3n) is 2.72. The van der Waals surface area contributed by atoms with Gasteiger partial charge < -0.3 is 9.84 Å². The van der Waals surface area contributed by atoms with Gasteiger partial charge >= 0.3 is 5.69 Å². The van der Waals surface area contributed by atoms with Crippen molar-refractivity contribution >= 4 is 5.69 Å². The van der Waals surface area contributed by atoms with Crippen LogP contribution in [-0.2, 0) is 11.8 Å². The lowest BCUT2D eigenvalue weighted by molar-refractivity contribution is -0.386. The van der Waals surface area contributed by atoms with Gasteiger partial charge in [-0.15, -0.1) is 0 Å². The van der Waals surface area contributed by atoms with Crippen LogP contribution in [0.4, 0.5) is 5.69 Å². The average molecular weight is 227 g/mol. The Morgan fingerprint density at radius 1 is 1.75 bits per heavy atom. The van der Waals surface area contributed by atoms with Crippen LogP contribution in [0, 0.1) is 10.1 Å². The molecule has 1 fully saturated rings. The van der Waals surface area contributed by atoms with E-state index in [9.17, 15) is 15.2 Å². The van der Waals surface area contributed by atoms with E-state index in [1.165, 1.54) is 10.9 Å². The minimum Gasteiger partial charge on any atom is -0.393 e. The highest BCUT2D eigenvalue weighted by Crippen LogP contribution is 2.33. The monoisotopic (exact) mass is 227 g/mol. The second-order valence-corrected chi connectivity index (χ2v) is 3.83. The number of hydrogen-bond donors (Lipinski definition) is 1. The number of hydrogen-bond acceptors (Lipinski definition) is 5. The molecule has 0 saturated carbocycles. The molecule has 1 aromatic rings. The molecule has 1 N–H and O–H groups in total. The molecule has 1 aliphatic heterocycles. The van der Waals surface area contributed by atoms with E-state index in [0.717, 1.165) is 0 Å². The number of nitrogens with zero attached hydrogens (tertiary/aromatic N) is 3. The molecule has 0 spiro atoms. The maximum absolute atomic E-state index is 10.8. The Bertz CT molecular complexity index is 403. The molecule has 0 radical (unpaired) electrons. The van der Waals surface area contributed by atoms with Crippen LogP contribution in [-0.4, -0.2) is 32.5 Å². The molecule has 0 unspecified atom stereocenters. The second-order valence-electron chi connectivity index (χ2n) is 3.83. The predicted octanol–water partition coefficient (Wildman–Crippen LogP) is 0.541. The molecule has 2 heterocycles. The zero-order chi connectivity index (χ0) is 11.7. The fourth-order valence-electron chi connectivity index (χ4n) is 1.92. The molecular weight excluding hydrogens is 214 g/mol. The summed E-state index contributed by atoms with van der Waals surface area (Å²) < 4.78 is 6.87. The SMILES string of the molecule is Cn1ncc([N+](=O)[O-])c1[C@@H]1C[C@H](O)CCO1. The highest BCUT2D eigenvalue weighted by atomic mass is 16.6. The maximum Gasteiger partial charge on any atom is 0.312 e. The lowest BCUT2D eigenvalue weighted by Crippen LogP contribution is -2.25. The van der Waals surface area contributed by atoms with Gasteiger partial charge in [-0.2, -0.15) is 5.10 Å². The summed E-state index contributed by atoms with van der Waals surface area (Å²) >= 11 is 0. The second kappa shape index (κ2) is 4.18. The fraction of sp³-hybridized carbons (Fsp3) is 0.667. The van der Waals surface area contributed by atoms with Crippen LogP contribution in [0.25, 0.3) is 0 Å². The standard InChI is InChI=1S/C9H13N3O4/c1-11-9(7(5-10-11)12(14)15)8-4-6(13)2-3-16-8/h5-6,8,13H,2-4H2,1H3/t6-,8+/m1/s1. The summed E-state index contributed by atoms with van der Waals surface area (Å²) in [4.78, 5) is 10.3. The molecule has 1 saturated heterocycles. The van der Waals surface area contributed by atoms with E-state index >= 15 is 0 Å². The molecule has 2 rings (SSSR count). The van der Waals surface area contributed by atoms with Gasteiger partial charge in [0.05, 0.1) is 11.0 Å². The molecule has 7 nitrogen and oxygen atoms in total. The topological polar surface area (TPSA) is 90.4 Å². The Labute approximate surface area is 91.8 Å². The van der Waals surface area contributed by atoms with Crippen molar-refractivity contribution in [2.75, 3.05) is 6.61 Å². The highest BCUT2D eigenvalue weighted by Gasteiger charge is 2.31. The number of aliphatic hydroxyl groups excluding tert-OH is 1. The molecule has 16 heavy (non-hydrogen) atoms. The first kappa shape index (κ1) is 11.0. The van der Waals surface area contributed by atoms with Crippen molar-refractivity contribution in [1.82, 2.24) is 9.78 Å². The van der Waals surface area contributed by atoms with Gasteiger partial charge in [0.2, 0.25) is 0 Å². The van der Waals surface area contributed by atoms with Crippen molar-refractivity contribution < 1.29 is 14.8 Å². The fourth-order valence-corrected chi connectivity index (χ4v) is 1.92. The maximum atomic E-state index is 10.8. The van der Waals surface area contributed by atoms with Crippen molar-refractivity contribution in [3.63, 3.8) is 0 Å². The summed E-state index contributed by atoms with van der Waals surface area (Å²) in [5.41, 5.74) is 0.366. The number of rotatable bonds is 2. The Hall–Kier alpha value is -1.47. The smallest absolute Gasteiger partial charge is 0.312 e.